The van der Waals surface area contributed by atoms with Gasteiger partial charge in [-0.15, -0.1) is 0 Å². The van der Waals surface area contributed by atoms with Crippen LogP contribution in [-0.4, -0.2) is 24.3 Å². The largest absolute Gasteiger partial charge is 0.383 e. The van der Waals surface area contributed by atoms with E-state index in [0.717, 1.165) is 12.8 Å². The molecule has 0 aliphatic heterocycles. The maximum atomic E-state index is 12.6. The lowest BCUT2D eigenvalue weighted by molar-refractivity contribution is -0.170. The van der Waals surface area contributed by atoms with Crippen molar-refractivity contribution < 1.29 is 22.4 Å². The normalized spacial score (nSPS) is 14.2. The van der Waals surface area contributed by atoms with Gasteiger partial charge in [0.1, 0.15) is 0 Å². The van der Waals surface area contributed by atoms with E-state index in [-0.39, 0.29) is 0 Å². The Bertz CT molecular complexity index is 244. The molecule has 0 radical (unpaired) electrons. The molecule has 0 bridgehead atoms. The van der Waals surface area contributed by atoms with Crippen molar-refractivity contribution in [2.75, 3.05) is 0 Å². The van der Waals surface area contributed by atoms with E-state index in [0.29, 0.717) is 12.3 Å². The van der Waals surface area contributed by atoms with Gasteiger partial charge in [-0.1, -0.05) is 26.7 Å². The van der Waals surface area contributed by atoms with Crippen LogP contribution >= 0.6 is 0 Å². The Morgan fingerprint density at radius 2 is 1.71 bits per heavy atom. The third-order valence-corrected chi connectivity index (χ3v) is 2.37. The fraction of sp³-hybridized carbons (Fsp3) is 0.909. The molecule has 0 aromatic carbocycles. The van der Waals surface area contributed by atoms with Crippen molar-refractivity contribution in [2.24, 2.45) is 5.92 Å². The molecule has 0 saturated heterocycles. The second-order valence-electron chi connectivity index (χ2n) is 4.62. The van der Waals surface area contributed by atoms with Crippen LogP contribution in [0.3, 0.4) is 0 Å². The summed E-state index contributed by atoms with van der Waals surface area (Å²) in [4.78, 5) is 10.9. The van der Waals surface area contributed by atoms with Crippen molar-refractivity contribution in [3.63, 3.8) is 0 Å². The molecular weight excluding hydrogens is 238 g/mol. The number of carbonyl (C=O) groups is 1. The number of alkyl halides is 4. The molecule has 6 heteroatoms. The monoisotopic (exact) mass is 257 g/mol. The van der Waals surface area contributed by atoms with Crippen molar-refractivity contribution >= 4 is 5.91 Å². The third-order valence-electron chi connectivity index (χ3n) is 2.37. The lowest BCUT2D eigenvalue weighted by Crippen LogP contribution is -2.48. The lowest BCUT2D eigenvalue weighted by Gasteiger charge is -2.19. The highest BCUT2D eigenvalue weighted by molar-refractivity contribution is 5.84. The molecule has 0 aromatic rings. The van der Waals surface area contributed by atoms with Crippen LogP contribution in [0.2, 0.25) is 0 Å². The van der Waals surface area contributed by atoms with E-state index in [2.05, 4.69) is 0 Å². The summed E-state index contributed by atoms with van der Waals surface area (Å²) in [6.07, 6.45) is -1.79. The number of hydrogen-bond acceptors (Lipinski definition) is 1. The molecule has 0 rings (SSSR count). The summed E-state index contributed by atoms with van der Waals surface area (Å²) in [5.41, 5.74) is 0. The minimum absolute atomic E-state index is 0.486. The van der Waals surface area contributed by atoms with E-state index in [1.165, 1.54) is 6.92 Å². The number of amides is 1. The fourth-order valence-electron chi connectivity index (χ4n) is 1.32. The third kappa shape index (κ3) is 5.89. The highest BCUT2D eigenvalue weighted by atomic mass is 19.3. The molecule has 0 spiro atoms. The molecule has 0 heterocycles. The summed E-state index contributed by atoms with van der Waals surface area (Å²) in [6, 6.07) is -0.522. The van der Waals surface area contributed by atoms with E-state index in [9.17, 15) is 22.4 Å². The summed E-state index contributed by atoms with van der Waals surface area (Å²) < 4.78 is 48.9. The number of nitrogens with one attached hydrogen (secondary N) is 1. The molecule has 1 N–H and O–H groups in total. The van der Waals surface area contributed by atoms with Gasteiger partial charge in [-0.05, 0) is 19.3 Å². The number of carbonyl (C=O) groups excluding carboxylic acids is 1. The van der Waals surface area contributed by atoms with Gasteiger partial charge in [-0.2, -0.15) is 8.78 Å². The average Bonchev–Trinajstić information content (AvgIpc) is 2.16. The second kappa shape index (κ2) is 6.81. The Balaban J connectivity index is 4.04. The first-order valence-corrected chi connectivity index (χ1v) is 5.64. The molecule has 17 heavy (non-hydrogen) atoms. The fourth-order valence-corrected chi connectivity index (χ4v) is 1.32. The van der Waals surface area contributed by atoms with Gasteiger partial charge < -0.3 is 5.32 Å². The first-order valence-electron chi connectivity index (χ1n) is 5.64. The maximum Gasteiger partial charge on any atom is 0.383 e. The zero-order valence-electron chi connectivity index (χ0n) is 10.3. The van der Waals surface area contributed by atoms with Crippen LogP contribution in [-0.2, 0) is 4.79 Å². The van der Waals surface area contributed by atoms with E-state index >= 15 is 0 Å². The van der Waals surface area contributed by atoms with Gasteiger partial charge in [-0.25, -0.2) is 8.78 Å². The zero-order valence-corrected chi connectivity index (χ0v) is 10.3. The lowest BCUT2D eigenvalue weighted by atomic mass is 10.0. The van der Waals surface area contributed by atoms with Gasteiger partial charge in [0.2, 0.25) is 0 Å². The number of halogens is 4. The van der Waals surface area contributed by atoms with Crippen molar-refractivity contribution in [3.8, 4) is 0 Å². The van der Waals surface area contributed by atoms with E-state index in [4.69, 9.17) is 0 Å². The van der Waals surface area contributed by atoms with Gasteiger partial charge >= 0.3 is 12.3 Å². The molecule has 1 unspecified atom stereocenters. The summed E-state index contributed by atoms with van der Waals surface area (Å²) in [5.74, 6) is -6.02. The van der Waals surface area contributed by atoms with Crippen LogP contribution in [0.25, 0.3) is 0 Å². The highest BCUT2D eigenvalue weighted by Gasteiger charge is 2.49. The van der Waals surface area contributed by atoms with E-state index in [1.807, 2.05) is 19.2 Å². The van der Waals surface area contributed by atoms with Gasteiger partial charge in [-0.3, -0.25) is 4.79 Å². The van der Waals surface area contributed by atoms with Crippen LogP contribution in [0.1, 0.15) is 40.0 Å². The summed E-state index contributed by atoms with van der Waals surface area (Å²) >= 11 is 0. The average molecular weight is 257 g/mol. The zero-order chi connectivity index (χ0) is 13.6. The molecular formula is C11H19F4NO. The summed E-state index contributed by atoms with van der Waals surface area (Å²) in [7, 11) is 0. The van der Waals surface area contributed by atoms with Crippen molar-refractivity contribution in [2.45, 2.75) is 58.4 Å². The molecule has 0 fully saturated rings. The smallest absolute Gasteiger partial charge is 0.348 e. The van der Waals surface area contributed by atoms with E-state index in [1.54, 1.807) is 0 Å². The molecule has 2 nitrogen and oxygen atoms in total. The summed E-state index contributed by atoms with van der Waals surface area (Å²) in [5, 5.41) is 1.91. The minimum atomic E-state index is -4.60. The Kier molecular flexibility index (Phi) is 6.49. The maximum absolute atomic E-state index is 12.6. The topological polar surface area (TPSA) is 29.1 Å². The Labute approximate surface area is 98.8 Å². The van der Waals surface area contributed by atoms with Crippen LogP contribution in [0.4, 0.5) is 17.6 Å². The first kappa shape index (κ1) is 16.2. The van der Waals surface area contributed by atoms with Gasteiger partial charge in [0.05, 0.1) is 0 Å². The standard InChI is InChI=1S/C11H19F4NO/c1-7(2)5-4-6-8(3)16-10(17)11(14,15)9(12)13/h7-9H,4-6H2,1-3H3,(H,16,17). The predicted molar refractivity (Wildman–Crippen MR) is 57.2 cm³/mol. The van der Waals surface area contributed by atoms with Gasteiger partial charge in [0.15, 0.2) is 0 Å². The number of hydrogen-bond donors (Lipinski definition) is 1. The quantitative estimate of drug-likeness (QED) is 0.697. The van der Waals surface area contributed by atoms with Crippen LogP contribution < -0.4 is 5.32 Å². The molecule has 1 atom stereocenters. The second-order valence-corrected chi connectivity index (χ2v) is 4.62. The molecule has 1 amide bonds. The molecule has 0 aliphatic carbocycles. The van der Waals surface area contributed by atoms with Crippen molar-refractivity contribution in [1.29, 1.82) is 0 Å². The highest BCUT2D eigenvalue weighted by Crippen LogP contribution is 2.23. The van der Waals surface area contributed by atoms with Crippen molar-refractivity contribution in [3.05, 3.63) is 0 Å². The van der Waals surface area contributed by atoms with Crippen LogP contribution in [0.5, 0.6) is 0 Å². The minimum Gasteiger partial charge on any atom is -0.348 e. The Hall–Kier alpha value is -0.810. The molecule has 0 aliphatic rings. The SMILES string of the molecule is CC(C)CCCC(C)NC(=O)C(F)(F)C(F)F. The van der Waals surface area contributed by atoms with Gasteiger partial charge in [0.25, 0.3) is 5.91 Å². The van der Waals surface area contributed by atoms with Crippen LogP contribution in [0, 0.1) is 5.92 Å². The first-order chi connectivity index (χ1) is 7.67. The van der Waals surface area contributed by atoms with Gasteiger partial charge in [0, 0.05) is 6.04 Å². The number of rotatable bonds is 7. The van der Waals surface area contributed by atoms with E-state index < -0.39 is 24.3 Å². The Morgan fingerprint density at radius 1 is 1.18 bits per heavy atom. The molecule has 0 aromatic heterocycles. The molecule has 0 saturated carbocycles. The predicted octanol–water partition coefficient (Wildman–Crippen LogP) is 3.22. The molecule has 102 valence electrons. The van der Waals surface area contributed by atoms with Crippen LogP contribution in [0.15, 0.2) is 0 Å². The Morgan fingerprint density at radius 3 is 2.12 bits per heavy atom. The van der Waals surface area contributed by atoms with Crippen molar-refractivity contribution in [1.82, 2.24) is 5.32 Å². The summed E-state index contributed by atoms with van der Waals surface area (Å²) in [6.45, 7) is 5.57.